The molecule has 1 fully saturated rings. The molecule has 37 heavy (non-hydrogen) atoms. The van der Waals surface area contributed by atoms with Crippen LogP contribution in [-0.4, -0.2) is 47.9 Å². The number of rotatable bonds is 7. The van der Waals surface area contributed by atoms with E-state index in [0.29, 0.717) is 34.3 Å². The minimum Gasteiger partial charge on any atom is -0.462 e. The van der Waals surface area contributed by atoms with Crippen molar-refractivity contribution in [3.63, 3.8) is 0 Å². The van der Waals surface area contributed by atoms with Crippen molar-refractivity contribution in [2.24, 2.45) is 0 Å². The predicted molar refractivity (Wildman–Crippen MR) is 134 cm³/mol. The summed E-state index contributed by atoms with van der Waals surface area (Å²) in [6.45, 7) is 1.70. The van der Waals surface area contributed by atoms with E-state index in [9.17, 15) is 19.2 Å². The predicted octanol–water partition coefficient (Wildman–Crippen LogP) is 4.53. The van der Waals surface area contributed by atoms with Crippen LogP contribution in [0, 0.1) is 0 Å². The van der Waals surface area contributed by atoms with Gasteiger partial charge in [0.1, 0.15) is 18.1 Å². The molecule has 3 amide bonds. The van der Waals surface area contributed by atoms with Gasteiger partial charge in [-0.15, -0.1) is 0 Å². The molecule has 0 saturated carbocycles. The number of esters is 1. The van der Waals surface area contributed by atoms with Gasteiger partial charge in [-0.3, -0.25) is 19.3 Å². The lowest BCUT2D eigenvalue weighted by molar-refractivity contribution is -0.127. The first-order valence-corrected chi connectivity index (χ1v) is 12.0. The van der Waals surface area contributed by atoms with Crippen LogP contribution in [-0.2, 0) is 14.3 Å². The second-order valence-electron chi connectivity index (χ2n) is 7.88. The average Bonchev–Trinajstić information content (AvgIpc) is 3.61. The Morgan fingerprint density at radius 2 is 1.84 bits per heavy atom. The maximum Gasteiger partial charge on any atom is 0.338 e. The fourth-order valence-corrected chi connectivity index (χ4v) is 4.47. The fraction of sp³-hybridized carbons (Fsp3) is 0.154. The van der Waals surface area contributed by atoms with Crippen LogP contribution < -0.4 is 14.8 Å². The third-order valence-electron chi connectivity index (χ3n) is 5.41. The lowest BCUT2D eigenvalue weighted by atomic mass is 10.1. The Morgan fingerprint density at radius 1 is 1.05 bits per heavy atom. The van der Waals surface area contributed by atoms with E-state index in [4.69, 9.17) is 18.6 Å². The van der Waals surface area contributed by atoms with Gasteiger partial charge in [-0.25, -0.2) is 4.79 Å². The van der Waals surface area contributed by atoms with Crippen LogP contribution in [0.5, 0.6) is 11.5 Å². The smallest absolute Gasteiger partial charge is 0.338 e. The summed E-state index contributed by atoms with van der Waals surface area (Å²) in [6, 6.07) is 15.0. The Hall–Kier alpha value is -4.51. The SMILES string of the molecule is CCOC(=O)c1ccc(-c2ccc(/C=C3/SC(=O)N(CC(=O)Nc4ccc5c(c4)OCO5)C3=O)o2)cc1. The quantitative estimate of drug-likeness (QED) is 0.353. The zero-order valence-electron chi connectivity index (χ0n) is 19.5. The molecule has 2 aromatic carbocycles. The third kappa shape index (κ3) is 5.21. The van der Waals surface area contributed by atoms with Crippen LogP contribution in [0.1, 0.15) is 23.0 Å². The summed E-state index contributed by atoms with van der Waals surface area (Å²) in [7, 11) is 0. The number of hydrogen-bond donors (Lipinski definition) is 1. The summed E-state index contributed by atoms with van der Waals surface area (Å²) >= 11 is 0.727. The third-order valence-corrected chi connectivity index (χ3v) is 6.32. The van der Waals surface area contributed by atoms with Crippen molar-refractivity contribution in [1.29, 1.82) is 0 Å². The molecule has 2 aliphatic heterocycles. The number of thioether (sulfide) groups is 1. The molecule has 3 heterocycles. The normalized spacial score (nSPS) is 15.4. The first-order chi connectivity index (χ1) is 17.9. The van der Waals surface area contributed by atoms with E-state index < -0.39 is 29.6 Å². The molecular weight excluding hydrogens is 500 g/mol. The van der Waals surface area contributed by atoms with Crippen molar-refractivity contribution < 1.29 is 37.8 Å². The van der Waals surface area contributed by atoms with Crippen LogP contribution in [0.4, 0.5) is 10.5 Å². The molecule has 1 saturated heterocycles. The highest BCUT2D eigenvalue weighted by atomic mass is 32.2. The van der Waals surface area contributed by atoms with Gasteiger partial charge in [-0.05, 0) is 55.1 Å². The standard InChI is InChI=1S/C26H20N2O8S/c1-2-33-25(31)16-5-3-15(4-6-16)19-10-8-18(36-19)12-22-24(30)28(26(32)37-22)13-23(29)27-17-7-9-20-21(11-17)35-14-34-20/h3-12H,2,13-14H2,1H3,(H,27,29)/b22-12+. The Bertz CT molecular complexity index is 1430. The first-order valence-electron chi connectivity index (χ1n) is 11.2. The monoisotopic (exact) mass is 520 g/mol. The van der Waals surface area contributed by atoms with E-state index in [0.717, 1.165) is 22.2 Å². The lowest BCUT2D eigenvalue weighted by Gasteiger charge is -2.12. The van der Waals surface area contributed by atoms with Gasteiger partial charge in [0.25, 0.3) is 11.1 Å². The van der Waals surface area contributed by atoms with Crippen molar-refractivity contribution >= 4 is 46.5 Å². The minimum atomic E-state index is -0.590. The maximum atomic E-state index is 12.8. The number of amides is 3. The number of fused-ring (bicyclic) bond motifs is 1. The second-order valence-corrected chi connectivity index (χ2v) is 8.88. The fourth-order valence-electron chi connectivity index (χ4n) is 3.65. The molecule has 2 aliphatic rings. The first kappa shape index (κ1) is 24.2. The van der Waals surface area contributed by atoms with Crippen LogP contribution in [0.3, 0.4) is 0 Å². The summed E-state index contributed by atoms with van der Waals surface area (Å²) < 4.78 is 21.3. The molecular formula is C26H20N2O8S. The van der Waals surface area contributed by atoms with Crippen molar-refractivity contribution in [3.8, 4) is 22.8 Å². The number of imide groups is 1. The van der Waals surface area contributed by atoms with Gasteiger partial charge in [0, 0.05) is 23.4 Å². The van der Waals surface area contributed by atoms with Crippen molar-refractivity contribution in [1.82, 2.24) is 4.90 Å². The number of hydrogen-bond acceptors (Lipinski definition) is 9. The van der Waals surface area contributed by atoms with Crippen molar-refractivity contribution in [2.75, 3.05) is 25.3 Å². The molecule has 0 bridgehead atoms. The Balaban J connectivity index is 1.23. The largest absolute Gasteiger partial charge is 0.462 e. The van der Waals surface area contributed by atoms with E-state index in [1.807, 2.05) is 0 Å². The van der Waals surface area contributed by atoms with Crippen LogP contribution in [0.2, 0.25) is 0 Å². The summed E-state index contributed by atoms with van der Waals surface area (Å²) in [4.78, 5) is 50.5. The van der Waals surface area contributed by atoms with Gasteiger partial charge in [0.2, 0.25) is 12.7 Å². The molecule has 1 aromatic heterocycles. The molecule has 5 rings (SSSR count). The van der Waals surface area contributed by atoms with E-state index in [-0.39, 0.29) is 18.3 Å². The highest BCUT2D eigenvalue weighted by molar-refractivity contribution is 8.18. The summed E-state index contributed by atoms with van der Waals surface area (Å²) in [6.07, 6.45) is 1.46. The van der Waals surface area contributed by atoms with Crippen molar-refractivity contribution in [3.05, 3.63) is 70.8 Å². The Kier molecular flexibility index (Phi) is 6.69. The van der Waals surface area contributed by atoms with Crippen molar-refractivity contribution in [2.45, 2.75) is 6.92 Å². The van der Waals surface area contributed by atoms with Crippen LogP contribution >= 0.6 is 11.8 Å². The number of carbonyl (C=O) groups excluding carboxylic acids is 4. The minimum absolute atomic E-state index is 0.106. The number of nitrogens with one attached hydrogen (secondary N) is 1. The Morgan fingerprint density at radius 3 is 2.62 bits per heavy atom. The summed E-state index contributed by atoms with van der Waals surface area (Å²) in [5, 5.41) is 2.09. The summed E-state index contributed by atoms with van der Waals surface area (Å²) in [5.41, 5.74) is 1.60. The molecule has 11 heteroatoms. The Labute approximate surface area is 215 Å². The number of furan rings is 1. The highest BCUT2D eigenvalue weighted by Crippen LogP contribution is 2.35. The number of ether oxygens (including phenoxy) is 3. The van der Waals surface area contributed by atoms with Gasteiger partial charge >= 0.3 is 5.97 Å². The molecule has 0 spiro atoms. The topological polar surface area (TPSA) is 124 Å². The van der Waals surface area contributed by atoms with Gasteiger partial charge < -0.3 is 23.9 Å². The molecule has 0 atom stereocenters. The second kappa shape index (κ2) is 10.2. The zero-order valence-corrected chi connectivity index (χ0v) is 20.3. The van der Waals surface area contributed by atoms with E-state index in [1.165, 1.54) is 6.08 Å². The molecule has 0 unspecified atom stereocenters. The van der Waals surface area contributed by atoms with Gasteiger partial charge in [-0.2, -0.15) is 0 Å². The number of anilines is 1. The number of nitrogens with zero attached hydrogens (tertiary/aromatic N) is 1. The molecule has 0 aliphatic carbocycles. The van der Waals surface area contributed by atoms with Crippen LogP contribution in [0.15, 0.2) is 63.9 Å². The molecule has 0 radical (unpaired) electrons. The lowest BCUT2D eigenvalue weighted by Crippen LogP contribution is -2.36. The molecule has 1 N–H and O–H groups in total. The van der Waals surface area contributed by atoms with Gasteiger partial charge in [0.05, 0.1) is 17.1 Å². The highest BCUT2D eigenvalue weighted by Gasteiger charge is 2.36. The summed E-state index contributed by atoms with van der Waals surface area (Å²) in [5.74, 6) is 0.420. The van der Waals surface area contributed by atoms with E-state index in [2.05, 4.69) is 5.32 Å². The maximum absolute atomic E-state index is 12.8. The van der Waals surface area contributed by atoms with Crippen LogP contribution in [0.25, 0.3) is 17.4 Å². The average molecular weight is 521 g/mol. The zero-order chi connectivity index (χ0) is 25.9. The van der Waals surface area contributed by atoms with Gasteiger partial charge in [0.15, 0.2) is 11.5 Å². The number of carbonyl (C=O) groups is 4. The molecule has 188 valence electrons. The number of benzene rings is 2. The molecule has 10 nitrogen and oxygen atoms in total. The molecule has 3 aromatic rings. The van der Waals surface area contributed by atoms with E-state index >= 15 is 0 Å². The van der Waals surface area contributed by atoms with E-state index in [1.54, 1.807) is 61.5 Å². The van der Waals surface area contributed by atoms with Gasteiger partial charge in [-0.1, -0.05) is 12.1 Å².